The van der Waals surface area contributed by atoms with Crippen LogP contribution in [0.15, 0.2) is 58.2 Å². The molecule has 1 aliphatic rings. The Balaban J connectivity index is 2.01. The Labute approximate surface area is 189 Å². The second kappa shape index (κ2) is 9.87. The van der Waals surface area contributed by atoms with Gasteiger partial charge in [0.1, 0.15) is 0 Å². The maximum Gasteiger partial charge on any atom is 0.338 e. The number of ether oxygens (including phenoxy) is 2. The molecule has 2 amide bonds. The fraction of sp³-hybridized carbons (Fsp3) is 0.304. The largest absolute Gasteiger partial charge is 0.503 e. The van der Waals surface area contributed by atoms with Gasteiger partial charge in [-0.2, -0.15) is 0 Å². The smallest absolute Gasteiger partial charge is 0.338 e. The van der Waals surface area contributed by atoms with Crippen molar-refractivity contribution in [3.63, 3.8) is 0 Å². The van der Waals surface area contributed by atoms with Gasteiger partial charge in [0.25, 0.3) is 0 Å². The van der Waals surface area contributed by atoms with E-state index in [9.17, 15) is 14.7 Å². The molecule has 1 aliphatic heterocycles. The van der Waals surface area contributed by atoms with Crippen molar-refractivity contribution in [2.45, 2.75) is 26.3 Å². The highest BCUT2D eigenvalue weighted by molar-refractivity contribution is 9.10. The van der Waals surface area contributed by atoms with E-state index in [-0.39, 0.29) is 24.1 Å². The number of benzene rings is 2. The summed E-state index contributed by atoms with van der Waals surface area (Å²) in [5.74, 6) is -0.333. The quantitative estimate of drug-likeness (QED) is 0.566. The standard InChI is InChI=1S/C23H25BrN2O5/c1-4-31-22(28)19-14(2)26(11-10-15-8-6-5-7-9-15)23(29)25-20(19)16-12-17(24)21(27)18(13-16)30-3/h5-9,12-13,20,27H,4,10-11H2,1-3H3,(H,25,29). The lowest BCUT2D eigenvalue weighted by atomic mass is 9.94. The molecule has 1 atom stereocenters. The second-order valence-electron chi connectivity index (χ2n) is 7.04. The van der Waals surface area contributed by atoms with Crippen LogP contribution in [0.4, 0.5) is 4.79 Å². The van der Waals surface area contributed by atoms with Crippen molar-refractivity contribution in [1.29, 1.82) is 0 Å². The highest BCUT2D eigenvalue weighted by Gasteiger charge is 2.37. The van der Waals surface area contributed by atoms with Crippen LogP contribution in [0.1, 0.15) is 31.0 Å². The zero-order chi connectivity index (χ0) is 22.5. The molecule has 8 heteroatoms. The summed E-state index contributed by atoms with van der Waals surface area (Å²) in [5.41, 5.74) is 2.55. The number of phenolic OH excluding ortho intramolecular Hbond substituents is 1. The lowest BCUT2D eigenvalue weighted by molar-refractivity contribution is -0.139. The first-order valence-electron chi connectivity index (χ1n) is 9.93. The number of methoxy groups -OCH3 is 1. The number of urea groups is 1. The van der Waals surface area contributed by atoms with Crippen LogP contribution in [0, 0.1) is 0 Å². The Kier molecular flexibility index (Phi) is 7.22. The third kappa shape index (κ3) is 4.85. The van der Waals surface area contributed by atoms with Gasteiger partial charge in [0.05, 0.1) is 29.8 Å². The molecule has 31 heavy (non-hydrogen) atoms. The number of esters is 1. The zero-order valence-corrected chi connectivity index (χ0v) is 19.2. The molecule has 2 aromatic carbocycles. The summed E-state index contributed by atoms with van der Waals surface area (Å²) in [6.07, 6.45) is 0.644. The highest BCUT2D eigenvalue weighted by atomic mass is 79.9. The Morgan fingerprint density at radius 2 is 1.97 bits per heavy atom. The minimum Gasteiger partial charge on any atom is -0.503 e. The van der Waals surface area contributed by atoms with Gasteiger partial charge in [0, 0.05) is 12.2 Å². The summed E-state index contributed by atoms with van der Waals surface area (Å²) in [6.45, 7) is 4.11. The van der Waals surface area contributed by atoms with Crippen LogP contribution in [0.3, 0.4) is 0 Å². The number of rotatable bonds is 7. The number of carbonyl (C=O) groups is 2. The molecule has 2 aromatic rings. The van der Waals surface area contributed by atoms with Gasteiger partial charge in [0.15, 0.2) is 11.5 Å². The number of hydrogen-bond donors (Lipinski definition) is 2. The maximum absolute atomic E-state index is 13.0. The molecule has 0 spiro atoms. The van der Waals surface area contributed by atoms with E-state index in [0.29, 0.717) is 34.3 Å². The number of phenols is 1. The average molecular weight is 489 g/mol. The van der Waals surface area contributed by atoms with Gasteiger partial charge in [-0.3, -0.25) is 4.90 Å². The maximum atomic E-state index is 13.0. The normalized spacial score (nSPS) is 16.2. The molecule has 0 saturated carbocycles. The number of hydrogen-bond acceptors (Lipinski definition) is 5. The summed E-state index contributed by atoms with van der Waals surface area (Å²) in [4.78, 5) is 27.4. The van der Waals surface area contributed by atoms with Crippen LogP contribution < -0.4 is 10.1 Å². The number of carbonyl (C=O) groups excluding carboxylic acids is 2. The van der Waals surface area contributed by atoms with Gasteiger partial charge < -0.3 is 19.9 Å². The van der Waals surface area contributed by atoms with Crippen LogP contribution in [0.2, 0.25) is 0 Å². The minimum atomic E-state index is -0.745. The number of allylic oxidation sites excluding steroid dienone is 1. The van der Waals surface area contributed by atoms with E-state index in [0.717, 1.165) is 5.56 Å². The summed E-state index contributed by atoms with van der Waals surface area (Å²) in [7, 11) is 1.43. The van der Waals surface area contributed by atoms with Gasteiger partial charge in [-0.05, 0) is 59.5 Å². The fourth-order valence-corrected chi connectivity index (χ4v) is 4.04. The molecule has 0 saturated heterocycles. The van der Waals surface area contributed by atoms with Crippen molar-refractivity contribution in [3.05, 3.63) is 69.3 Å². The summed E-state index contributed by atoms with van der Waals surface area (Å²) in [6, 6.07) is 12.0. The average Bonchev–Trinajstić information content (AvgIpc) is 2.75. The SMILES string of the molecule is CCOC(=O)C1=C(C)N(CCc2ccccc2)C(=O)NC1c1cc(Br)c(O)c(OC)c1. The van der Waals surface area contributed by atoms with E-state index >= 15 is 0 Å². The van der Waals surface area contributed by atoms with Gasteiger partial charge in [-0.1, -0.05) is 30.3 Å². The highest BCUT2D eigenvalue weighted by Crippen LogP contribution is 2.40. The summed E-state index contributed by atoms with van der Waals surface area (Å²) >= 11 is 3.30. The van der Waals surface area contributed by atoms with Crippen LogP contribution in [0.25, 0.3) is 0 Å². The molecule has 0 fully saturated rings. The topological polar surface area (TPSA) is 88.1 Å². The molecule has 164 valence electrons. The van der Waals surface area contributed by atoms with Crippen LogP contribution in [0.5, 0.6) is 11.5 Å². The van der Waals surface area contributed by atoms with E-state index in [2.05, 4.69) is 21.2 Å². The number of halogens is 1. The van der Waals surface area contributed by atoms with Crippen molar-refractivity contribution in [3.8, 4) is 11.5 Å². The molecule has 0 aliphatic carbocycles. The summed E-state index contributed by atoms with van der Waals surface area (Å²) in [5, 5.41) is 13.0. The van der Waals surface area contributed by atoms with E-state index in [1.54, 1.807) is 30.9 Å². The Hall–Kier alpha value is -3.00. The van der Waals surface area contributed by atoms with E-state index < -0.39 is 12.0 Å². The van der Waals surface area contributed by atoms with Gasteiger partial charge in [-0.25, -0.2) is 9.59 Å². The zero-order valence-electron chi connectivity index (χ0n) is 17.6. The van der Waals surface area contributed by atoms with Gasteiger partial charge in [-0.15, -0.1) is 0 Å². The molecule has 0 bridgehead atoms. The van der Waals surface area contributed by atoms with Gasteiger partial charge in [0.2, 0.25) is 0 Å². The molecule has 0 aromatic heterocycles. The van der Waals surface area contributed by atoms with Gasteiger partial charge >= 0.3 is 12.0 Å². The first kappa shape index (κ1) is 22.7. The van der Waals surface area contributed by atoms with Crippen molar-refractivity contribution in [1.82, 2.24) is 10.2 Å². The molecular formula is C23H25BrN2O5. The van der Waals surface area contributed by atoms with E-state index in [1.165, 1.54) is 7.11 Å². The predicted octanol–water partition coefficient (Wildman–Crippen LogP) is 4.31. The number of nitrogens with one attached hydrogen (secondary N) is 1. The first-order chi connectivity index (χ1) is 14.9. The number of aromatic hydroxyl groups is 1. The minimum absolute atomic E-state index is 0.0590. The summed E-state index contributed by atoms with van der Waals surface area (Å²) < 4.78 is 10.9. The molecule has 2 N–H and O–H groups in total. The van der Waals surface area contributed by atoms with Crippen LogP contribution >= 0.6 is 15.9 Å². The first-order valence-corrected chi connectivity index (χ1v) is 10.7. The van der Waals surface area contributed by atoms with Crippen molar-refractivity contribution in [2.75, 3.05) is 20.3 Å². The Bertz CT molecular complexity index is 1010. The lowest BCUT2D eigenvalue weighted by Gasteiger charge is -2.35. The molecular weight excluding hydrogens is 464 g/mol. The third-order valence-corrected chi connectivity index (χ3v) is 5.77. The lowest BCUT2D eigenvalue weighted by Crippen LogP contribution is -2.48. The molecule has 1 heterocycles. The molecule has 3 rings (SSSR count). The fourth-order valence-electron chi connectivity index (χ4n) is 3.58. The monoisotopic (exact) mass is 488 g/mol. The van der Waals surface area contributed by atoms with Crippen LogP contribution in [-0.2, 0) is 16.0 Å². The number of nitrogens with zero attached hydrogens (tertiary/aromatic N) is 1. The Morgan fingerprint density at radius 3 is 2.61 bits per heavy atom. The number of amides is 2. The third-order valence-electron chi connectivity index (χ3n) is 5.16. The molecule has 0 radical (unpaired) electrons. The predicted molar refractivity (Wildman–Crippen MR) is 120 cm³/mol. The van der Waals surface area contributed by atoms with Crippen molar-refractivity contribution < 1.29 is 24.2 Å². The van der Waals surface area contributed by atoms with E-state index in [1.807, 2.05) is 30.3 Å². The van der Waals surface area contributed by atoms with E-state index in [4.69, 9.17) is 9.47 Å². The van der Waals surface area contributed by atoms with Crippen molar-refractivity contribution >= 4 is 27.9 Å². The van der Waals surface area contributed by atoms with Crippen molar-refractivity contribution in [2.24, 2.45) is 0 Å². The molecule has 1 unspecified atom stereocenters. The van der Waals surface area contributed by atoms with Crippen LogP contribution in [-0.4, -0.2) is 42.3 Å². The second-order valence-corrected chi connectivity index (χ2v) is 7.90. The Morgan fingerprint density at radius 1 is 1.26 bits per heavy atom. The molecule has 7 nitrogen and oxygen atoms in total.